The van der Waals surface area contributed by atoms with Gasteiger partial charge in [-0.1, -0.05) is 41.2 Å². The highest BCUT2D eigenvalue weighted by molar-refractivity contribution is 7.18. The van der Waals surface area contributed by atoms with Gasteiger partial charge in [0, 0.05) is 5.56 Å². The zero-order valence-electron chi connectivity index (χ0n) is 9.98. The first-order valence-electron chi connectivity index (χ1n) is 5.42. The SMILES string of the molecule is Cc1ccc(-c2nnc(NC(=O)[C@@H](C)Cl)s2)cc1. The fourth-order valence-electron chi connectivity index (χ4n) is 1.29. The lowest BCUT2D eigenvalue weighted by atomic mass is 10.2. The highest BCUT2D eigenvalue weighted by atomic mass is 35.5. The summed E-state index contributed by atoms with van der Waals surface area (Å²) in [6.07, 6.45) is 0. The van der Waals surface area contributed by atoms with Crippen LogP contribution in [0.3, 0.4) is 0 Å². The van der Waals surface area contributed by atoms with E-state index in [0.29, 0.717) is 5.13 Å². The molecule has 1 amide bonds. The van der Waals surface area contributed by atoms with E-state index in [2.05, 4.69) is 15.5 Å². The van der Waals surface area contributed by atoms with Gasteiger partial charge in [0.2, 0.25) is 11.0 Å². The van der Waals surface area contributed by atoms with Crippen molar-refractivity contribution in [2.75, 3.05) is 5.32 Å². The Morgan fingerprint density at radius 2 is 2.00 bits per heavy atom. The summed E-state index contributed by atoms with van der Waals surface area (Å²) in [4.78, 5) is 11.4. The summed E-state index contributed by atoms with van der Waals surface area (Å²) in [5, 5.41) is 11.2. The van der Waals surface area contributed by atoms with Crippen LogP contribution in [0, 0.1) is 6.92 Å². The van der Waals surface area contributed by atoms with Gasteiger partial charge in [0.25, 0.3) is 0 Å². The number of anilines is 1. The van der Waals surface area contributed by atoms with Gasteiger partial charge in [0.15, 0.2) is 0 Å². The molecule has 0 aliphatic heterocycles. The Morgan fingerprint density at radius 3 is 2.61 bits per heavy atom. The number of hydrogen-bond donors (Lipinski definition) is 1. The summed E-state index contributed by atoms with van der Waals surface area (Å²) < 4.78 is 0. The van der Waals surface area contributed by atoms with Crippen LogP contribution in [-0.4, -0.2) is 21.5 Å². The average Bonchev–Trinajstić information content (AvgIpc) is 2.78. The molecule has 4 nitrogen and oxygen atoms in total. The van der Waals surface area contributed by atoms with Crippen molar-refractivity contribution < 1.29 is 4.79 Å². The fourth-order valence-corrected chi connectivity index (χ4v) is 2.10. The molecule has 1 aromatic carbocycles. The number of aromatic nitrogens is 2. The number of halogens is 1. The summed E-state index contributed by atoms with van der Waals surface area (Å²) >= 11 is 6.99. The number of aryl methyl sites for hydroxylation is 1. The quantitative estimate of drug-likeness (QED) is 0.880. The Hall–Kier alpha value is -1.46. The Bertz CT molecular complexity index is 551. The van der Waals surface area contributed by atoms with Gasteiger partial charge >= 0.3 is 0 Å². The molecular formula is C12H12ClN3OS. The topological polar surface area (TPSA) is 54.9 Å². The summed E-state index contributed by atoms with van der Waals surface area (Å²) in [6.45, 7) is 3.64. The third-order valence-electron chi connectivity index (χ3n) is 2.31. The predicted molar refractivity (Wildman–Crippen MR) is 74.0 cm³/mol. The summed E-state index contributed by atoms with van der Waals surface area (Å²) in [5.41, 5.74) is 2.17. The standard InChI is InChI=1S/C12H12ClN3OS/c1-7-3-5-9(6-4-7)11-15-16-12(18-11)14-10(17)8(2)13/h3-6,8H,1-2H3,(H,14,16,17)/t8-/m1/s1. The molecule has 0 aliphatic rings. The largest absolute Gasteiger partial charge is 0.299 e. The number of nitrogens with zero attached hydrogens (tertiary/aromatic N) is 2. The predicted octanol–water partition coefficient (Wildman–Crippen LogP) is 3.08. The van der Waals surface area contributed by atoms with Crippen molar-refractivity contribution in [1.29, 1.82) is 0 Å². The zero-order chi connectivity index (χ0) is 13.1. The van der Waals surface area contributed by atoms with Gasteiger partial charge in [0.1, 0.15) is 10.4 Å². The van der Waals surface area contributed by atoms with E-state index in [1.807, 2.05) is 31.2 Å². The van der Waals surface area contributed by atoms with Gasteiger partial charge in [-0.15, -0.1) is 21.8 Å². The second-order valence-corrected chi connectivity index (χ2v) is 5.52. The molecule has 2 rings (SSSR count). The normalized spacial score (nSPS) is 12.2. The molecule has 94 valence electrons. The number of alkyl halides is 1. The highest BCUT2D eigenvalue weighted by Gasteiger charge is 2.13. The first-order chi connectivity index (χ1) is 8.56. The smallest absolute Gasteiger partial charge is 0.243 e. The molecule has 6 heteroatoms. The summed E-state index contributed by atoms with van der Waals surface area (Å²) in [5.74, 6) is -0.275. The first kappa shape index (κ1) is 13.0. The minimum atomic E-state index is -0.586. The van der Waals surface area contributed by atoms with Crippen molar-refractivity contribution in [2.24, 2.45) is 0 Å². The van der Waals surface area contributed by atoms with Crippen LogP contribution in [0.2, 0.25) is 0 Å². The first-order valence-corrected chi connectivity index (χ1v) is 6.67. The van der Waals surface area contributed by atoms with Gasteiger partial charge < -0.3 is 0 Å². The van der Waals surface area contributed by atoms with E-state index in [1.165, 1.54) is 16.9 Å². The molecule has 0 saturated carbocycles. The number of benzene rings is 1. The monoisotopic (exact) mass is 281 g/mol. The number of carbonyl (C=O) groups excluding carboxylic acids is 1. The minimum Gasteiger partial charge on any atom is -0.299 e. The Labute approximate surface area is 114 Å². The van der Waals surface area contributed by atoms with Crippen molar-refractivity contribution in [3.05, 3.63) is 29.8 Å². The van der Waals surface area contributed by atoms with Crippen molar-refractivity contribution in [2.45, 2.75) is 19.2 Å². The van der Waals surface area contributed by atoms with E-state index in [1.54, 1.807) is 6.92 Å². The van der Waals surface area contributed by atoms with E-state index in [4.69, 9.17) is 11.6 Å². The van der Waals surface area contributed by atoms with Crippen LogP contribution in [0.25, 0.3) is 10.6 Å². The lowest BCUT2D eigenvalue weighted by molar-refractivity contribution is -0.115. The van der Waals surface area contributed by atoms with Crippen LogP contribution >= 0.6 is 22.9 Å². The third-order valence-corrected chi connectivity index (χ3v) is 3.40. The molecule has 1 aromatic heterocycles. The van der Waals surface area contributed by atoms with E-state index < -0.39 is 5.38 Å². The maximum absolute atomic E-state index is 11.4. The van der Waals surface area contributed by atoms with Crippen LogP contribution in [0.15, 0.2) is 24.3 Å². The number of hydrogen-bond acceptors (Lipinski definition) is 4. The van der Waals surface area contributed by atoms with Crippen molar-refractivity contribution in [3.63, 3.8) is 0 Å². The Balaban J connectivity index is 2.15. The van der Waals surface area contributed by atoms with Crippen LogP contribution < -0.4 is 5.32 Å². The molecule has 0 fully saturated rings. The molecule has 2 aromatic rings. The molecular weight excluding hydrogens is 270 g/mol. The number of rotatable bonds is 3. The molecule has 0 bridgehead atoms. The minimum absolute atomic E-state index is 0.275. The van der Waals surface area contributed by atoms with E-state index in [9.17, 15) is 4.79 Å². The van der Waals surface area contributed by atoms with Crippen molar-refractivity contribution >= 4 is 34.0 Å². The van der Waals surface area contributed by atoms with Gasteiger partial charge in [-0.3, -0.25) is 10.1 Å². The molecule has 0 radical (unpaired) electrons. The maximum Gasteiger partial charge on any atom is 0.243 e. The van der Waals surface area contributed by atoms with E-state index in [-0.39, 0.29) is 5.91 Å². The molecule has 0 aliphatic carbocycles. The average molecular weight is 282 g/mol. The number of carbonyl (C=O) groups is 1. The number of amides is 1. The van der Waals surface area contributed by atoms with Gasteiger partial charge in [-0.25, -0.2) is 0 Å². The molecule has 0 spiro atoms. The lowest BCUT2D eigenvalue weighted by Crippen LogP contribution is -2.20. The maximum atomic E-state index is 11.4. The van der Waals surface area contributed by atoms with Crippen LogP contribution in [0.1, 0.15) is 12.5 Å². The van der Waals surface area contributed by atoms with Crippen LogP contribution in [-0.2, 0) is 4.79 Å². The fraction of sp³-hybridized carbons (Fsp3) is 0.250. The van der Waals surface area contributed by atoms with Gasteiger partial charge in [-0.2, -0.15) is 0 Å². The number of nitrogens with one attached hydrogen (secondary N) is 1. The molecule has 18 heavy (non-hydrogen) atoms. The second-order valence-electron chi connectivity index (χ2n) is 3.88. The Morgan fingerprint density at radius 1 is 1.33 bits per heavy atom. The molecule has 1 heterocycles. The van der Waals surface area contributed by atoms with Crippen molar-refractivity contribution in [3.8, 4) is 10.6 Å². The van der Waals surface area contributed by atoms with Crippen molar-refractivity contribution in [1.82, 2.24) is 10.2 Å². The molecule has 1 atom stereocenters. The van der Waals surface area contributed by atoms with Crippen LogP contribution in [0.5, 0.6) is 0 Å². The molecule has 1 N–H and O–H groups in total. The second kappa shape index (κ2) is 5.46. The third kappa shape index (κ3) is 3.05. The molecule has 0 saturated heterocycles. The highest BCUT2D eigenvalue weighted by Crippen LogP contribution is 2.26. The molecule has 0 unspecified atom stereocenters. The lowest BCUT2D eigenvalue weighted by Gasteiger charge is -2.00. The van der Waals surface area contributed by atoms with E-state index in [0.717, 1.165) is 10.6 Å². The van der Waals surface area contributed by atoms with Gasteiger partial charge in [-0.05, 0) is 13.8 Å². The zero-order valence-corrected chi connectivity index (χ0v) is 11.5. The summed E-state index contributed by atoms with van der Waals surface area (Å²) in [7, 11) is 0. The van der Waals surface area contributed by atoms with Crippen LogP contribution in [0.4, 0.5) is 5.13 Å². The Kier molecular flexibility index (Phi) is 3.93. The van der Waals surface area contributed by atoms with Gasteiger partial charge in [0.05, 0.1) is 0 Å². The summed E-state index contributed by atoms with van der Waals surface area (Å²) in [6, 6.07) is 7.98. The van der Waals surface area contributed by atoms with E-state index >= 15 is 0 Å².